The number of carbonyl (C=O) groups excluding carboxylic acids is 2. The van der Waals surface area contributed by atoms with Gasteiger partial charge in [-0.1, -0.05) is 18.2 Å². The van der Waals surface area contributed by atoms with Crippen LogP contribution in [0.2, 0.25) is 0 Å². The first-order valence-corrected chi connectivity index (χ1v) is 11.6. The van der Waals surface area contributed by atoms with Crippen LogP contribution >= 0.6 is 0 Å². The molecule has 1 fully saturated rings. The van der Waals surface area contributed by atoms with Gasteiger partial charge in [0.05, 0.1) is 4.90 Å². The highest BCUT2D eigenvalue weighted by Gasteiger charge is 2.42. The van der Waals surface area contributed by atoms with Gasteiger partial charge in [-0.3, -0.25) is 4.79 Å². The van der Waals surface area contributed by atoms with Crippen molar-refractivity contribution >= 4 is 22.0 Å². The molecule has 0 spiro atoms. The number of sulfonamides is 1. The Labute approximate surface area is 187 Å². The van der Waals surface area contributed by atoms with Crippen molar-refractivity contribution in [3.8, 4) is 0 Å². The van der Waals surface area contributed by atoms with E-state index in [9.17, 15) is 18.0 Å². The van der Waals surface area contributed by atoms with Crippen molar-refractivity contribution in [1.29, 1.82) is 0 Å². The van der Waals surface area contributed by atoms with Crippen molar-refractivity contribution < 1.29 is 22.7 Å². The Bertz CT molecular complexity index is 1040. The van der Waals surface area contributed by atoms with Crippen LogP contribution in [0.15, 0.2) is 53.9 Å². The Balaban J connectivity index is 1.83. The van der Waals surface area contributed by atoms with E-state index in [1.807, 2.05) is 0 Å². The number of hydrogen-bond donors (Lipinski definition) is 1. The normalized spacial score (nSPS) is 17.6. The van der Waals surface area contributed by atoms with E-state index < -0.39 is 33.7 Å². The van der Waals surface area contributed by atoms with Crippen LogP contribution < -0.4 is 5.32 Å². The summed E-state index contributed by atoms with van der Waals surface area (Å²) in [6.45, 7) is 5.30. The van der Waals surface area contributed by atoms with Gasteiger partial charge in [-0.2, -0.15) is 4.31 Å². The predicted octanol–water partition coefficient (Wildman–Crippen LogP) is 1.40. The lowest BCUT2D eigenvalue weighted by atomic mass is 10.2. The smallest absolute Gasteiger partial charge is 0.410 e. The summed E-state index contributed by atoms with van der Waals surface area (Å²) in [6.07, 6.45) is 3.89. The van der Waals surface area contributed by atoms with Gasteiger partial charge < -0.3 is 15.0 Å². The van der Waals surface area contributed by atoms with Gasteiger partial charge in [-0.15, -0.1) is 0 Å². The van der Waals surface area contributed by atoms with Gasteiger partial charge in [0.1, 0.15) is 18.0 Å². The Morgan fingerprint density at radius 1 is 1.12 bits per heavy atom. The molecule has 1 N–H and O–H groups in total. The second-order valence-corrected chi connectivity index (χ2v) is 10.2. The van der Waals surface area contributed by atoms with Crippen molar-refractivity contribution in [1.82, 2.24) is 24.5 Å². The number of piperazine rings is 1. The highest BCUT2D eigenvalue weighted by molar-refractivity contribution is 7.89. The van der Waals surface area contributed by atoms with E-state index in [-0.39, 0.29) is 31.1 Å². The number of benzene rings is 1. The summed E-state index contributed by atoms with van der Waals surface area (Å²) in [6, 6.07) is 6.79. The van der Waals surface area contributed by atoms with E-state index in [4.69, 9.17) is 4.74 Å². The fraction of sp³-hybridized carbons (Fsp3) is 0.429. The summed E-state index contributed by atoms with van der Waals surface area (Å²) in [4.78, 5) is 34.9. The van der Waals surface area contributed by atoms with Gasteiger partial charge in [0.15, 0.2) is 0 Å². The Hall–Kier alpha value is -3.05. The molecule has 2 aromatic rings. The molecular formula is C21H27N5O5S. The number of nitrogens with one attached hydrogen (secondary N) is 1. The Morgan fingerprint density at radius 2 is 1.78 bits per heavy atom. The second kappa shape index (κ2) is 9.61. The minimum Gasteiger partial charge on any atom is -0.444 e. The molecule has 11 heteroatoms. The quantitative estimate of drug-likeness (QED) is 0.714. The van der Waals surface area contributed by atoms with E-state index in [0.29, 0.717) is 5.56 Å². The molecule has 0 aliphatic carbocycles. The molecule has 1 aromatic heterocycles. The van der Waals surface area contributed by atoms with Crippen LogP contribution in [0, 0.1) is 0 Å². The zero-order chi connectivity index (χ0) is 23.4. The molecule has 10 nitrogen and oxygen atoms in total. The molecule has 2 amide bonds. The molecule has 32 heavy (non-hydrogen) atoms. The largest absolute Gasteiger partial charge is 0.444 e. The molecule has 172 valence electrons. The maximum Gasteiger partial charge on any atom is 0.410 e. The van der Waals surface area contributed by atoms with Crippen molar-refractivity contribution in [2.45, 2.75) is 43.9 Å². The SMILES string of the molecule is CC(C)(C)OC(=O)N1CCN(S(=O)(=O)c2ccccc2)C(C(=O)NCc2cncnc2)C1. The van der Waals surface area contributed by atoms with Crippen LogP contribution in [-0.4, -0.2) is 70.9 Å². The number of aromatic nitrogens is 2. The van der Waals surface area contributed by atoms with Gasteiger partial charge in [0, 0.05) is 44.1 Å². The molecule has 3 rings (SSSR count). The van der Waals surface area contributed by atoms with Crippen molar-refractivity contribution in [3.63, 3.8) is 0 Å². The minimum atomic E-state index is -3.95. The summed E-state index contributed by atoms with van der Waals surface area (Å²) >= 11 is 0. The summed E-state index contributed by atoms with van der Waals surface area (Å²) < 4.78 is 33.1. The third kappa shape index (κ3) is 5.80. The molecule has 0 bridgehead atoms. The molecule has 0 radical (unpaired) electrons. The monoisotopic (exact) mass is 461 g/mol. The predicted molar refractivity (Wildman–Crippen MR) is 116 cm³/mol. The van der Waals surface area contributed by atoms with Gasteiger partial charge in [-0.05, 0) is 32.9 Å². The zero-order valence-corrected chi connectivity index (χ0v) is 19.1. The van der Waals surface area contributed by atoms with Gasteiger partial charge in [0.2, 0.25) is 15.9 Å². The number of hydrogen-bond acceptors (Lipinski definition) is 7. The highest BCUT2D eigenvalue weighted by atomic mass is 32.2. The van der Waals surface area contributed by atoms with Crippen molar-refractivity contribution in [3.05, 3.63) is 54.6 Å². The van der Waals surface area contributed by atoms with Crippen molar-refractivity contribution in [2.75, 3.05) is 19.6 Å². The topological polar surface area (TPSA) is 122 Å². The van der Waals surface area contributed by atoms with E-state index in [1.165, 1.54) is 23.4 Å². The molecule has 1 aliphatic heterocycles. The third-order valence-electron chi connectivity index (χ3n) is 4.72. The molecule has 1 atom stereocenters. The van der Waals surface area contributed by atoms with Crippen LogP contribution in [-0.2, 0) is 26.1 Å². The molecule has 1 aromatic carbocycles. The molecule has 0 saturated carbocycles. The summed E-state index contributed by atoms with van der Waals surface area (Å²) in [7, 11) is -3.95. The van der Waals surface area contributed by atoms with E-state index >= 15 is 0 Å². The Kier molecular flexibility index (Phi) is 7.09. The zero-order valence-electron chi connectivity index (χ0n) is 18.3. The highest BCUT2D eigenvalue weighted by Crippen LogP contribution is 2.23. The average Bonchev–Trinajstić information content (AvgIpc) is 2.77. The second-order valence-electron chi connectivity index (χ2n) is 8.34. The number of nitrogens with zero attached hydrogens (tertiary/aromatic N) is 4. The van der Waals surface area contributed by atoms with Crippen LogP contribution in [0.5, 0.6) is 0 Å². The average molecular weight is 462 g/mol. The van der Waals surface area contributed by atoms with Gasteiger partial charge in [0.25, 0.3) is 0 Å². The van der Waals surface area contributed by atoms with E-state index in [0.717, 1.165) is 4.31 Å². The summed E-state index contributed by atoms with van der Waals surface area (Å²) in [5, 5.41) is 2.73. The number of ether oxygens (including phenoxy) is 1. The lowest BCUT2D eigenvalue weighted by Crippen LogP contribution is -2.61. The molecular weight excluding hydrogens is 434 g/mol. The van der Waals surface area contributed by atoms with E-state index in [1.54, 1.807) is 51.4 Å². The maximum absolute atomic E-state index is 13.3. The standard InChI is InChI=1S/C21H27N5O5S/c1-21(2,3)31-20(28)25-9-10-26(32(29,30)17-7-5-4-6-8-17)18(14-25)19(27)24-13-16-11-22-15-23-12-16/h4-8,11-12,15,18H,9-10,13-14H2,1-3H3,(H,24,27). The third-order valence-corrected chi connectivity index (χ3v) is 6.64. The van der Waals surface area contributed by atoms with Crippen LogP contribution in [0.25, 0.3) is 0 Å². The lowest BCUT2D eigenvalue weighted by Gasteiger charge is -2.39. The van der Waals surface area contributed by atoms with Crippen LogP contribution in [0.1, 0.15) is 26.3 Å². The first kappa shape index (κ1) is 23.6. The molecule has 1 unspecified atom stereocenters. The maximum atomic E-state index is 13.3. The minimum absolute atomic E-state index is 0.0387. The summed E-state index contributed by atoms with van der Waals surface area (Å²) in [5.41, 5.74) is -0.0480. The molecule has 1 saturated heterocycles. The number of rotatable bonds is 5. The molecule has 2 heterocycles. The van der Waals surface area contributed by atoms with Gasteiger partial charge in [-0.25, -0.2) is 23.2 Å². The van der Waals surface area contributed by atoms with Crippen molar-refractivity contribution in [2.24, 2.45) is 0 Å². The number of amides is 2. The fourth-order valence-electron chi connectivity index (χ4n) is 3.22. The summed E-state index contributed by atoms with van der Waals surface area (Å²) in [5.74, 6) is -0.526. The van der Waals surface area contributed by atoms with E-state index in [2.05, 4.69) is 15.3 Å². The van der Waals surface area contributed by atoms with Crippen LogP contribution in [0.4, 0.5) is 4.79 Å². The lowest BCUT2D eigenvalue weighted by molar-refractivity contribution is -0.126. The van der Waals surface area contributed by atoms with Gasteiger partial charge >= 0.3 is 6.09 Å². The first-order valence-electron chi connectivity index (χ1n) is 10.1. The first-order chi connectivity index (χ1) is 15.1. The fourth-order valence-corrected chi connectivity index (χ4v) is 4.81. The van der Waals surface area contributed by atoms with Crippen LogP contribution in [0.3, 0.4) is 0 Å². The number of carbonyl (C=O) groups is 2. The Morgan fingerprint density at radius 3 is 2.41 bits per heavy atom. The molecule has 1 aliphatic rings.